The van der Waals surface area contributed by atoms with E-state index in [1.807, 2.05) is 0 Å². The number of nitrogen functional groups attached to an aromatic ring is 1. The molecule has 0 bridgehead atoms. The van der Waals surface area contributed by atoms with Crippen LogP contribution < -0.4 is 5.73 Å². The number of esters is 1. The summed E-state index contributed by atoms with van der Waals surface area (Å²) in [7, 11) is 1.20. The maximum atomic E-state index is 13.8. The van der Waals surface area contributed by atoms with Gasteiger partial charge in [0.15, 0.2) is 0 Å². The lowest BCUT2D eigenvalue weighted by molar-refractivity contribution is 0.0596. The Hall–Kier alpha value is -2.70. The van der Waals surface area contributed by atoms with Crippen LogP contribution in [-0.2, 0) is 4.74 Å². The number of imidazole rings is 1. The number of nitrogens with two attached hydrogens (primary N) is 1. The minimum absolute atomic E-state index is 0.148. The zero-order valence-electron chi connectivity index (χ0n) is 9.92. The van der Waals surface area contributed by atoms with Crippen LogP contribution in [0.5, 0.6) is 0 Å². The summed E-state index contributed by atoms with van der Waals surface area (Å²) in [5, 5.41) is 0.577. The Morgan fingerprint density at radius 3 is 3.00 bits per heavy atom. The Labute approximate surface area is 106 Å². The molecule has 2 aromatic heterocycles. The molecule has 0 aliphatic heterocycles. The highest BCUT2D eigenvalue weighted by atomic mass is 19.1. The van der Waals surface area contributed by atoms with Crippen molar-refractivity contribution in [3.63, 3.8) is 0 Å². The first-order valence-corrected chi connectivity index (χ1v) is 5.41. The molecule has 1 aromatic carbocycles. The molecule has 3 aromatic rings. The monoisotopic (exact) mass is 260 g/mol. The zero-order chi connectivity index (χ0) is 13.6. The van der Waals surface area contributed by atoms with Crippen LogP contribution in [0.1, 0.15) is 10.4 Å². The van der Waals surface area contributed by atoms with Crippen molar-refractivity contribution in [3.8, 4) is 0 Å². The minimum Gasteiger partial charge on any atom is -0.465 e. The third kappa shape index (κ3) is 1.59. The SMILES string of the molecule is COC(=O)c1cc2c(cc1F)nc(N)n1cncc21. The Morgan fingerprint density at radius 2 is 2.26 bits per heavy atom. The fourth-order valence-electron chi connectivity index (χ4n) is 1.98. The summed E-state index contributed by atoms with van der Waals surface area (Å²) in [5.74, 6) is -1.24. The van der Waals surface area contributed by atoms with E-state index in [1.165, 1.54) is 19.5 Å². The molecule has 6 nitrogen and oxygen atoms in total. The summed E-state index contributed by atoms with van der Waals surface area (Å²) in [4.78, 5) is 19.5. The van der Waals surface area contributed by atoms with E-state index in [4.69, 9.17) is 5.73 Å². The van der Waals surface area contributed by atoms with Crippen molar-refractivity contribution in [2.45, 2.75) is 0 Å². The van der Waals surface area contributed by atoms with Crippen LogP contribution in [0.25, 0.3) is 16.4 Å². The molecule has 0 aliphatic carbocycles. The van der Waals surface area contributed by atoms with Crippen molar-refractivity contribution in [3.05, 3.63) is 36.0 Å². The average Bonchev–Trinajstić information content (AvgIpc) is 2.87. The third-order valence-corrected chi connectivity index (χ3v) is 2.89. The van der Waals surface area contributed by atoms with Crippen LogP contribution in [0.15, 0.2) is 24.7 Å². The fourth-order valence-corrected chi connectivity index (χ4v) is 1.98. The maximum Gasteiger partial charge on any atom is 0.340 e. The first kappa shape index (κ1) is 11.4. The number of aromatic nitrogens is 3. The van der Waals surface area contributed by atoms with Crippen molar-refractivity contribution in [2.75, 3.05) is 12.8 Å². The molecule has 0 amide bonds. The number of fused-ring (bicyclic) bond motifs is 3. The van der Waals surface area contributed by atoms with E-state index in [2.05, 4.69) is 14.7 Å². The summed E-state index contributed by atoms with van der Waals surface area (Å²) < 4.78 is 19.9. The molecule has 0 atom stereocenters. The lowest BCUT2D eigenvalue weighted by Gasteiger charge is -2.07. The summed E-state index contributed by atoms with van der Waals surface area (Å²) >= 11 is 0. The van der Waals surface area contributed by atoms with Gasteiger partial charge in [-0.1, -0.05) is 0 Å². The fraction of sp³-hybridized carbons (Fsp3) is 0.0833. The number of hydrogen-bond donors (Lipinski definition) is 1. The van der Waals surface area contributed by atoms with Crippen molar-refractivity contribution in [2.24, 2.45) is 0 Å². The highest BCUT2D eigenvalue weighted by molar-refractivity contribution is 6.00. The summed E-state index contributed by atoms with van der Waals surface area (Å²) in [6.45, 7) is 0. The Morgan fingerprint density at radius 1 is 1.47 bits per heavy atom. The van der Waals surface area contributed by atoms with E-state index in [-0.39, 0.29) is 11.5 Å². The number of nitrogens with zero attached hydrogens (tertiary/aromatic N) is 3. The molecular weight excluding hydrogens is 251 g/mol. The zero-order valence-corrected chi connectivity index (χ0v) is 9.92. The van der Waals surface area contributed by atoms with Crippen LogP contribution in [-0.4, -0.2) is 27.4 Å². The highest BCUT2D eigenvalue weighted by Crippen LogP contribution is 2.24. The van der Waals surface area contributed by atoms with Gasteiger partial charge in [0.1, 0.15) is 12.1 Å². The number of methoxy groups -OCH3 is 1. The number of anilines is 1. The lowest BCUT2D eigenvalue weighted by atomic mass is 10.1. The standard InChI is InChI=1S/C12H9FN4O2/c1-19-11(18)6-2-7-9(3-8(6)13)16-12(14)17-5-15-4-10(7)17/h2-5H,1H3,(H2,14,16). The predicted octanol–water partition coefficient (Wildman–Crippen LogP) is 1.39. The van der Waals surface area contributed by atoms with Gasteiger partial charge in [0.25, 0.3) is 0 Å². The number of ether oxygens (including phenoxy) is 1. The van der Waals surface area contributed by atoms with Gasteiger partial charge < -0.3 is 10.5 Å². The molecule has 0 aliphatic rings. The second-order valence-corrected chi connectivity index (χ2v) is 3.96. The highest BCUT2D eigenvalue weighted by Gasteiger charge is 2.16. The Kier molecular flexibility index (Phi) is 2.34. The van der Waals surface area contributed by atoms with E-state index >= 15 is 0 Å². The topological polar surface area (TPSA) is 82.5 Å². The van der Waals surface area contributed by atoms with Crippen LogP contribution in [0.4, 0.5) is 10.3 Å². The van der Waals surface area contributed by atoms with Gasteiger partial charge in [-0.25, -0.2) is 19.2 Å². The smallest absolute Gasteiger partial charge is 0.340 e. The minimum atomic E-state index is -0.742. The number of rotatable bonds is 1. The van der Waals surface area contributed by atoms with Crippen LogP contribution in [0.3, 0.4) is 0 Å². The average molecular weight is 260 g/mol. The molecule has 0 saturated carbocycles. The first-order valence-electron chi connectivity index (χ1n) is 5.41. The van der Waals surface area contributed by atoms with E-state index < -0.39 is 11.8 Å². The number of carbonyl (C=O) groups excluding carboxylic acids is 1. The number of halogens is 1. The lowest BCUT2D eigenvalue weighted by Crippen LogP contribution is -2.06. The molecule has 0 saturated heterocycles. The molecule has 19 heavy (non-hydrogen) atoms. The molecule has 2 N–H and O–H groups in total. The van der Waals surface area contributed by atoms with Gasteiger partial charge >= 0.3 is 5.97 Å². The van der Waals surface area contributed by atoms with Gasteiger partial charge in [-0.2, -0.15) is 0 Å². The molecule has 0 unspecified atom stereocenters. The molecule has 0 fully saturated rings. The second-order valence-electron chi connectivity index (χ2n) is 3.96. The van der Waals surface area contributed by atoms with Gasteiger partial charge in [0, 0.05) is 11.5 Å². The Balaban J connectivity index is 2.43. The van der Waals surface area contributed by atoms with E-state index in [9.17, 15) is 9.18 Å². The molecule has 3 rings (SSSR count). The summed E-state index contributed by atoms with van der Waals surface area (Å²) in [6, 6.07) is 2.55. The molecule has 0 radical (unpaired) electrons. The van der Waals surface area contributed by atoms with Gasteiger partial charge in [0.2, 0.25) is 5.95 Å². The summed E-state index contributed by atoms with van der Waals surface area (Å²) in [5.41, 5.74) is 6.59. The molecule has 96 valence electrons. The Bertz CT molecular complexity index is 812. The van der Waals surface area contributed by atoms with Gasteiger partial charge in [-0.05, 0) is 6.07 Å². The van der Waals surface area contributed by atoms with Crippen molar-refractivity contribution < 1.29 is 13.9 Å². The van der Waals surface area contributed by atoms with Crippen molar-refractivity contribution in [1.29, 1.82) is 0 Å². The van der Waals surface area contributed by atoms with Crippen molar-refractivity contribution >= 4 is 28.3 Å². The van der Waals surface area contributed by atoms with E-state index in [0.717, 1.165) is 6.07 Å². The van der Waals surface area contributed by atoms with Crippen LogP contribution in [0, 0.1) is 5.82 Å². The number of hydrogen-bond acceptors (Lipinski definition) is 5. The first-order chi connectivity index (χ1) is 9.11. The number of carbonyl (C=O) groups is 1. The molecular formula is C12H9FN4O2. The molecule has 0 spiro atoms. The molecule has 2 heterocycles. The maximum absolute atomic E-state index is 13.8. The van der Waals surface area contributed by atoms with Crippen LogP contribution >= 0.6 is 0 Å². The van der Waals surface area contributed by atoms with Gasteiger partial charge in [-0.3, -0.25) is 4.40 Å². The molecule has 7 heteroatoms. The summed E-state index contributed by atoms with van der Waals surface area (Å²) in [6.07, 6.45) is 3.07. The van der Waals surface area contributed by atoms with Crippen LogP contribution in [0.2, 0.25) is 0 Å². The van der Waals surface area contributed by atoms with E-state index in [1.54, 1.807) is 10.6 Å². The predicted molar refractivity (Wildman–Crippen MR) is 66.2 cm³/mol. The van der Waals surface area contributed by atoms with E-state index in [0.29, 0.717) is 16.4 Å². The van der Waals surface area contributed by atoms with Gasteiger partial charge in [0.05, 0.1) is 29.9 Å². The second kappa shape index (κ2) is 3.91. The quantitative estimate of drug-likeness (QED) is 0.668. The number of benzene rings is 1. The van der Waals surface area contributed by atoms with Crippen molar-refractivity contribution in [1.82, 2.24) is 14.4 Å². The largest absolute Gasteiger partial charge is 0.465 e. The van der Waals surface area contributed by atoms with Gasteiger partial charge in [-0.15, -0.1) is 0 Å². The third-order valence-electron chi connectivity index (χ3n) is 2.89. The normalized spacial score (nSPS) is 11.1.